The minimum absolute atomic E-state index is 0.0657. The van der Waals surface area contributed by atoms with Gasteiger partial charge in [0.1, 0.15) is 5.54 Å². The van der Waals surface area contributed by atoms with Crippen LogP contribution in [0.25, 0.3) is 0 Å². The van der Waals surface area contributed by atoms with Crippen molar-refractivity contribution in [1.82, 2.24) is 0 Å². The number of carbonyl (C=O) groups is 2. The van der Waals surface area contributed by atoms with Gasteiger partial charge in [-0.15, -0.1) is 0 Å². The summed E-state index contributed by atoms with van der Waals surface area (Å²) >= 11 is 0. The Hall–Kier alpha value is -2.82. The molecule has 2 heterocycles. The molecule has 0 saturated heterocycles. The van der Waals surface area contributed by atoms with Crippen LogP contribution in [0, 0.1) is 0 Å². The molecule has 2 amide bonds. The summed E-state index contributed by atoms with van der Waals surface area (Å²) in [5, 5.41) is 2.90. The fourth-order valence-corrected chi connectivity index (χ4v) is 3.70. The fraction of sp³-hybridized carbons (Fsp3) is 0.300. The molecular weight excluding hydrogens is 314 g/mol. The fourth-order valence-electron chi connectivity index (χ4n) is 3.70. The number of nitrogens with zero attached hydrogens (tertiary/aromatic N) is 2. The van der Waals surface area contributed by atoms with Crippen molar-refractivity contribution >= 4 is 28.9 Å². The summed E-state index contributed by atoms with van der Waals surface area (Å²) in [6, 6.07) is 15.6. The third kappa shape index (κ3) is 2.47. The second-order valence-electron chi connectivity index (χ2n) is 7.06. The van der Waals surface area contributed by atoms with E-state index in [0.29, 0.717) is 5.69 Å². The summed E-state index contributed by atoms with van der Waals surface area (Å²) in [7, 11) is 0. The van der Waals surface area contributed by atoms with Crippen molar-refractivity contribution in [3.8, 4) is 0 Å². The van der Waals surface area contributed by atoms with Crippen molar-refractivity contribution in [3.63, 3.8) is 0 Å². The maximum atomic E-state index is 13.2. The minimum atomic E-state index is -0.926. The van der Waals surface area contributed by atoms with Gasteiger partial charge in [-0.05, 0) is 44.0 Å². The zero-order valence-electron chi connectivity index (χ0n) is 14.5. The van der Waals surface area contributed by atoms with Crippen LogP contribution in [0.3, 0.4) is 0 Å². The number of nitrogens with one attached hydrogen (secondary N) is 1. The van der Waals surface area contributed by atoms with Gasteiger partial charge in [0, 0.05) is 12.2 Å². The molecule has 128 valence electrons. The van der Waals surface area contributed by atoms with Crippen LogP contribution in [-0.2, 0) is 16.0 Å². The first-order valence-electron chi connectivity index (χ1n) is 8.55. The Labute approximate surface area is 147 Å². The van der Waals surface area contributed by atoms with Crippen LogP contribution in [-0.4, -0.2) is 30.4 Å². The zero-order chi connectivity index (χ0) is 17.6. The SMILES string of the molecule is CC1(C)C(=O)Nc2ccccc2N1C(=O)CN1CCc2ccccc21. The number of amides is 2. The van der Waals surface area contributed by atoms with Crippen LogP contribution in [0.4, 0.5) is 17.1 Å². The molecule has 5 heteroatoms. The first kappa shape index (κ1) is 15.7. The number of fused-ring (bicyclic) bond motifs is 2. The molecular formula is C20H21N3O2. The quantitative estimate of drug-likeness (QED) is 0.918. The topological polar surface area (TPSA) is 52.7 Å². The van der Waals surface area contributed by atoms with Crippen molar-refractivity contribution in [3.05, 3.63) is 54.1 Å². The van der Waals surface area contributed by atoms with E-state index in [-0.39, 0.29) is 18.4 Å². The molecule has 4 rings (SSSR count). The van der Waals surface area contributed by atoms with Crippen LogP contribution in [0.5, 0.6) is 0 Å². The summed E-state index contributed by atoms with van der Waals surface area (Å²) in [6.07, 6.45) is 0.948. The van der Waals surface area contributed by atoms with Crippen molar-refractivity contribution in [1.29, 1.82) is 0 Å². The molecule has 0 aliphatic carbocycles. The third-order valence-electron chi connectivity index (χ3n) is 5.07. The van der Waals surface area contributed by atoms with Gasteiger partial charge in [0.2, 0.25) is 11.8 Å². The maximum absolute atomic E-state index is 13.2. The molecule has 0 saturated carbocycles. The van der Waals surface area contributed by atoms with Crippen LogP contribution >= 0.6 is 0 Å². The Morgan fingerprint density at radius 1 is 1.08 bits per heavy atom. The lowest BCUT2D eigenvalue weighted by molar-refractivity contribution is -0.125. The van der Waals surface area contributed by atoms with Crippen molar-refractivity contribution in [2.24, 2.45) is 0 Å². The number of benzene rings is 2. The van der Waals surface area contributed by atoms with Crippen molar-refractivity contribution in [2.75, 3.05) is 28.2 Å². The Morgan fingerprint density at radius 2 is 1.76 bits per heavy atom. The van der Waals surface area contributed by atoms with E-state index in [0.717, 1.165) is 24.3 Å². The number of anilines is 3. The van der Waals surface area contributed by atoms with E-state index in [4.69, 9.17) is 0 Å². The van der Waals surface area contributed by atoms with Gasteiger partial charge in [-0.1, -0.05) is 30.3 Å². The van der Waals surface area contributed by atoms with E-state index in [2.05, 4.69) is 22.3 Å². The van der Waals surface area contributed by atoms with E-state index in [1.54, 1.807) is 18.7 Å². The van der Waals surface area contributed by atoms with Crippen LogP contribution in [0.15, 0.2) is 48.5 Å². The van der Waals surface area contributed by atoms with Crippen molar-refractivity contribution < 1.29 is 9.59 Å². The maximum Gasteiger partial charge on any atom is 0.250 e. The monoisotopic (exact) mass is 335 g/mol. The molecule has 0 spiro atoms. The Bertz CT molecular complexity index is 860. The van der Waals surface area contributed by atoms with Gasteiger partial charge in [-0.3, -0.25) is 14.5 Å². The van der Waals surface area contributed by atoms with Gasteiger partial charge >= 0.3 is 0 Å². The highest BCUT2D eigenvalue weighted by Gasteiger charge is 2.43. The summed E-state index contributed by atoms with van der Waals surface area (Å²) in [5.41, 5.74) is 2.89. The second kappa shape index (κ2) is 5.62. The third-order valence-corrected chi connectivity index (χ3v) is 5.07. The number of carbonyl (C=O) groups excluding carboxylic acids is 2. The molecule has 5 nitrogen and oxygen atoms in total. The highest BCUT2D eigenvalue weighted by molar-refractivity contribution is 6.14. The van der Waals surface area contributed by atoms with Gasteiger partial charge in [0.25, 0.3) is 0 Å². The van der Waals surface area contributed by atoms with E-state index in [1.807, 2.05) is 36.4 Å². The highest BCUT2D eigenvalue weighted by Crippen LogP contribution is 2.37. The zero-order valence-corrected chi connectivity index (χ0v) is 14.5. The predicted molar refractivity (Wildman–Crippen MR) is 99.0 cm³/mol. The molecule has 0 fully saturated rings. The van der Waals surface area contributed by atoms with Crippen LogP contribution in [0.2, 0.25) is 0 Å². The standard InChI is InChI=1S/C20H21N3O2/c1-20(2)19(25)21-15-8-4-6-10-17(15)23(20)18(24)13-22-12-11-14-7-3-5-9-16(14)22/h3-10H,11-13H2,1-2H3,(H,21,25). The van der Waals surface area contributed by atoms with Gasteiger partial charge < -0.3 is 10.2 Å². The van der Waals surface area contributed by atoms with Crippen LogP contribution in [0.1, 0.15) is 19.4 Å². The summed E-state index contributed by atoms with van der Waals surface area (Å²) in [5.74, 6) is -0.231. The Morgan fingerprint density at radius 3 is 2.56 bits per heavy atom. The molecule has 0 radical (unpaired) electrons. The largest absolute Gasteiger partial charge is 0.362 e. The first-order chi connectivity index (χ1) is 12.0. The van der Waals surface area contributed by atoms with Crippen molar-refractivity contribution in [2.45, 2.75) is 25.8 Å². The van der Waals surface area contributed by atoms with E-state index in [1.165, 1.54) is 5.56 Å². The minimum Gasteiger partial charge on any atom is -0.362 e. The molecule has 0 bridgehead atoms. The van der Waals surface area contributed by atoms with Crippen LogP contribution < -0.4 is 15.1 Å². The lowest BCUT2D eigenvalue weighted by Crippen LogP contribution is -2.60. The summed E-state index contributed by atoms with van der Waals surface area (Å²) in [6.45, 7) is 4.66. The van der Waals surface area contributed by atoms with E-state index in [9.17, 15) is 9.59 Å². The lowest BCUT2D eigenvalue weighted by Gasteiger charge is -2.42. The first-order valence-corrected chi connectivity index (χ1v) is 8.55. The molecule has 2 aliphatic heterocycles. The average molecular weight is 335 g/mol. The normalized spacial score (nSPS) is 17.8. The molecule has 0 unspecified atom stereocenters. The van der Waals surface area contributed by atoms with Gasteiger partial charge in [0.15, 0.2) is 0 Å². The molecule has 2 aromatic rings. The molecule has 25 heavy (non-hydrogen) atoms. The number of rotatable bonds is 2. The van der Waals surface area contributed by atoms with E-state index < -0.39 is 5.54 Å². The van der Waals surface area contributed by atoms with Gasteiger partial charge in [-0.25, -0.2) is 0 Å². The average Bonchev–Trinajstić information content (AvgIpc) is 2.99. The number of hydrogen-bond donors (Lipinski definition) is 1. The number of para-hydroxylation sites is 3. The Balaban J connectivity index is 1.66. The van der Waals surface area contributed by atoms with E-state index >= 15 is 0 Å². The molecule has 2 aromatic carbocycles. The summed E-state index contributed by atoms with van der Waals surface area (Å²) < 4.78 is 0. The number of hydrogen-bond acceptors (Lipinski definition) is 3. The Kier molecular flexibility index (Phi) is 3.53. The molecule has 1 N–H and O–H groups in total. The van der Waals surface area contributed by atoms with Gasteiger partial charge in [0.05, 0.1) is 17.9 Å². The lowest BCUT2D eigenvalue weighted by atomic mass is 9.96. The predicted octanol–water partition coefficient (Wildman–Crippen LogP) is 2.81. The molecule has 0 aromatic heterocycles. The highest BCUT2D eigenvalue weighted by atomic mass is 16.2. The van der Waals surface area contributed by atoms with Gasteiger partial charge in [-0.2, -0.15) is 0 Å². The smallest absolute Gasteiger partial charge is 0.250 e. The molecule has 0 atom stereocenters. The molecule has 2 aliphatic rings. The summed E-state index contributed by atoms with van der Waals surface area (Å²) in [4.78, 5) is 29.4. The second-order valence-corrected chi connectivity index (χ2v) is 7.06.